The van der Waals surface area contributed by atoms with Gasteiger partial charge in [-0.3, -0.25) is 9.13 Å². The fraction of sp³-hybridized carbons (Fsp3) is 0.400. The minimum absolute atomic E-state index is 0.227. The van der Waals surface area contributed by atoms with E-state index >= 15 is 0 Å². The zero-order valence-electron chi connectivity index (χ0n) is 10.5. The third-order valence-electron chi connectivity index (χ3n) is 3.20. The van der Waals surface area contributed by atoms with Gasteiger partial charge in [-0.1, -0.05) is 0 Å². The summed E-state index contributed by atoms with van der Waals surface area (Å²) in [4.78, 5) is 37.3. The molecule has 1 rings (SSSR count). The van der Waals surface area contributed by atoms with Gasteiger partial charge in [-0.25, -0.2) is 0 Å². The zero-order valence-corrected chi connectivity index (χ0v) is 12.3. The molecule has 4 N–H and O–H groups in total. The first-order valence-electron chi connectivity index (χ1n) is 5.11. The molecule has 102 valence electrons. The molecule has 1 aromatic rings. The topological polar surface area (TPSA) is 115 Å². The molecule has 0 amide bonds. The summed E-state index contributed by atoms with van der Waals surface area (Å²) in [5.74, 6) is 0. The van der Waals surface area contributed by atoms with Crippen LogP contribution in [0.1, 0.15) is 22.3 Å². The van der Waals surface area contributed by atoms with Crippen molar-refractivity contribution in [3.05, 3.63) is 22.3 Å². The van der Waals surface area contributed by atoms with Gasteiger partial charge in [-0.2, -0.15) is 0 Å². The average Bonchev–Trinajstić information content (AvgIpc) is 2.16. The van der Waals surface area contributed by atoms with Crippen molar-refractivity contribution >= 4 is 25.8 Å². The number of benzene rings is 1. The standard InChI is InChI=1S/C10H16O6P2/c1-5-6(2)8(4)10(18(14,15)16)9(7(5)3)17(11,12)13/h1-4H3,(H2,11,12,13)(H2,14,15,16). The summed E-state index contributed by atoms with van der Waals surface area (Å²) in [5, 5.41) is -1.09. The molecule has 0 aliphatic rings. The molecule has 6 nitrogen and oxygen atoms in total. The SMILES string of the molecule is Cc1c(C)c(C)c(P(=O)(O)O)c(P(=O)(O)O)c1C. The second-order valence-electron chi connectivity index (χ2n) is 4.29. The summed E-state index contributed by atoms with van der Waals surface area (Å²) in [7, 11) is -9.51. The molecule has 0 aliphatic heterocycles. The molecule has 0 aromatic heterocycles. The van der Waals surface area contributed by atoms with Gasteiger partial charge in [0.15, 0.2) is 0 Å². The number of hydrogen-bond donors (Lipinski definition) is 4. The lowest BCUT2D eigenvalue weighted by atomic mass is 9.99. The molecule has 1 aromatic carbocycles. The van der Waals surface area contributed by atoms with Crippen molar-refractivity contribution in [1.29, 1.82) is 0 Å². The Morgan fingerprint density at radius 2 is 0.833 bits per heavy atom. The first-order valence-corrected chi connectivity index (χ1v) is 8.34. The first-order chi connectivity index (χ1) is 7.89. The zero-order chi connectivity index (χ0) is 14.5. The minimum atomic E-state index is -4.76. The van der Waals surface area contributed by atoms with Crippen molar-refractivity contribution in [2.24, 2.45) is 0 Å². The van der Waals surface area contributed by atoms with Gasteiger partial charge in [0, 0.05) is 0 Å². The van der Waals surface area contributed by atoms with Gasteiger partial charge in [0.1, 0.15) is 0 Å². The van der Waals surface area contributed by atoms with Crippen molar-refractivity contribution in [2.45, 2.75) is 27.7 Å². The van der Waals surface area contributed by atoms with E-state index in [1.807, 2.05) is 0 Å². The van der Waals surface area contributed by atoms with Gasteiger partial charge in [0.2, 0.25) is 0 Å². The number of hydrogen-bond acceptors (Lipinski definition) is 2. The van der Waals surface area contributed by atoms with E-state index in [0.29, 0.717) is 11.1 Å². The Balaban J connectivity index is 4.02. The van der Waals surface area contributed by atoms with Crippen molar-refractivity contribution in [2.75, 3.05) is 0 Å². The van der Waals surface area contributed by atoms with Crippen molar-refractivity contribution in [1.82, 2.24) is 0 Å². The van der Waals surface area contributed by atoms with Gasteiger partial charge >= 0.3 is 15.2 Å². The highest BCUT2D eigenvalue weighted by Gasteiger charge is 2.35. The van der Waals surface area contributed by atoms with E-state index in [4.69, 9.17) is 0 Å². The van der Waals surface area contributed by atoms with Gasteiger partial charge < -0.3 is 19.6 Å². The molecule has 0 bridgehead atoms. The molecule has 0 saturated heterocycles. The van der Waals surface area contributed by atoms with E-state index in [-0.39, 0.29) is 11.1 Å². The summed E-state index contributed by atoms with van der Waals surface area (Å²) >= 11 is 0. The van der Waals surface area contributed by atoms with Crippen LogP contribution in [0.3, 0.4) is 0 Å². The fourth-order valence-corrected chi connectivity index (χ4v) is 4.86. The molecule has 18 heavy (non-hydrogen) atoms. The lowest BCUT2D eigenvalue weighted by molar-refractivity contribution is 0.381. The van der Waals surface area contributed by atoms with Crippen LogP contribution < -0.4 is 10.6 Å². The molecular formula is C10H16O6P2. The Kier molecular flexibility index (Phi) is 3.95. The fourth-order valence-electron chi connectivity index (χ4n) is 1.99. The molecule has 0 saturated carbocycles. The van der Waals surface area contributed by atoms with E-state index < -0.39 is 25.8 Å². The Morgan fingerprint density at radius 1 is 0.611 bits per heavy atom. The van der Waals surface area contributed by atoms with Crippen LogP contribution in [0.2, 0.25) is 0 Å². The summed E-state index contributed by atoms with van der Waals surface area (Å²) < 4.78 is 23.0. The van der Waals surface area contributed by atoms with Crippen molar-refractivity contribution in [3.63, 3.8) is 0 Å². The van der Waals surface area contributed by atoms with E-state index in [1.54, 1.807) is 13.8 Å². The van der Waals surface area contributed by atoms with E-state index in [0.717, 1.165) is 0 Å². The highest BCUT2D eigenvalue weighted by Crippen LogP contribution is 2.43. The molecular weight excluding hydrogens is 278 g/mol. The van der Waals surface area contributed by atoms with E-state index in [1.165, 1.54) is 13.8 Å². The first kappa shape index (κ1) is 15.6. The normalized spacial score (nSPS) is 12.9. The quantitative estimate of drug-likeness (QED) is 0.591. The van der Waals surface area contributed by atoms with Crippen LogP contribution in [0.15, 0.2) is 0 Å². The van der Waals surface area contributed by atoms with Crippen LogP contribution in [0.4, 0.5) is 0 Å². The second kappa shape index (κ2) is 4.57. The Bertz CT molecular complexity index is 542. The van der Waals surface area contributed by atoms with Crippen LogP contribution in [0, 0.1) is 27.7 Å². The maximum atomic E-state index is 11.5. The molecule has 0 aliphatic carbocycles. The third-order valence-corrected chi connectivity index (χ3v) is 5.66. The summed E-state index contributed by atoms with van der Waals surface area (Å²) in [5.41, 5.74) is 1.71. The number of rotatable bonds is 2. The summed E-state index contributed by atoms with van der Waals surface area (Å²) in [6.07, 6.45) is 0. The van der Waals surface area contributed by atoms with Crippen LogP contribution >= 0.6 is 15.2 Å². The largest absolute Gasteiger partial charge is 0.357 e. The van der Waals surface area contributed by atoms with Crippen molar-refractivity contribution in [3.8, 4) is 0 Å². The monoisotopic (exact) mass is 294 g/mol. The maximum Gasteiger partial charge on any atom is 0.357 e. The lowest BCUT2D eigenvalue weighted by Crippen LogP contribution is -2.32. The maximum absolute atomic E-state index is 11.5. The smallest absolute Gasteiger partial charge is 0.321 e. The molecule has 0 spiro atoms. The van der Waals surface area contributed by atoms with Crippen LogP contribution in [0.25, 0.3) is 0 Å². The predicted octanol–water partition coefficient (Wildman–Crippen LogP) is 0.526. The van der Waals surface area contributed by atoms with Crippen LogP contribution in [0.5, 0.6) is 0 Å². The highest BCUT2D eigenvalue weighted by atomic mass is 31.2. The molecule has 0 unspecified atom stereocenters. The molecule has 0 fully saturated rings. The third kappa shape index (κ3) is 2.59. The Hall–Kier alpha value is -0.480. The van der Waals surface area contributed by atoms with E-state index in [9.17, 15) is 28.7 Å². The van der Waals surface area contributed by atoms with Gasteiger partial charge in [-0.15, -0.1) is 0 Å². The lowest BCUT2D eigenvalue weighted by Gasteiger charge is -2.21. The Labute approximate surface area is 105 Å². The van der Waals surface area contributed by atoms with Gasteiger partial charge in [-0.05, 0) is 49.9 Å². The van der Waals surface area contributed by atoms with E-state index in [2.05, 4.69) is 0 Å². The van der Waals surface area contributed by atoms with Crippen molar-refractivity contribution < 1.29 is 28.7 Å². The highest BCUT2D eigenvalue weighted by molar-refractivity contribution is 7.67. The van der Waals surface area contributed by atoms with Crippen LogP contribution in [-0.4, -0.2) is 19.6 Å². The molecule has 0 atom stereocenters. The van der Waals surface area contributed by atoms with Gasteiger partial charge in [0.05, 0.1) is 10.6 Å². The second-order valence-corrected chi connectivity index (χ2v) is 7.36. The van der Waals surface area contributed by atoms with Gasteiger partial charge in [0.25, 0.3) is 0 Å². The molecule has 8 heteroatoms. The summed E-state index contributed by atoms with van der Waals surface area (Å²) in [6, 6.07) is 0. The predicted molar refractivity (Wildman–Crippen MR) is 68.7 cm³/mol. The molecule has 0 radical (unpaired) electrons. The Morgan fingerprint density at radius 3 is 1.00 bits per heavy atom. The molecule has 0 heterocycles. The van der Waals surface area contributed by atoms with Crippen LogP contribution in [-0.2, 0) is 9.13 Å². The summed E-state index contributed by atoms with van der Waals surface area (Å²) in [6.45, 7) is 6.24. The average molecular weight is 294 g/mol. The minimum Gasteiger partial charge on any atom is -0.321 e.